The second-order valence-electron chi connectivity index (χ2n) is 11.8. The first-order chi connectivity index (χ1) is 23.2. The number of hydrazine groups is 1. The first-order valence-corrected chi connectivity index (χ1v) is 17.8. The monoisotopic (exact) mass is 717 g/mol. The molecule has 48 heavy (non-hydrogen) atoms. The summed E-state index contributed by atoms with van der Waals surface area (Å²) in [6, 6.07) is 9.70. The molecule has 2 aliphatic rings. The summed E-state index contributed by atoms with van der Waals surface area (Å²) in [5, 5.41) is 15.4. The standard InChI is InChI=1S/C33H38Cl2FN7O4S/c34-21-10-9-20(24(35)16-21)18-43-27-17-22(36)11-12-23(27)25(42-43)13-14-31(46)41-40-30(45)8-2-1-5-15-37-29(44)7-4-3-6-28-32-26(19-48-28)38-33(47)39-32/h9-14,16-17,26,28,32H,1-8,15,18-19H2,(H,37,44)(H,40,45)(H,41,46)(H2,38,39,47)/t26-,28?,32-/m0/s1. The highest BCUT2D eigenvalue weighted by Gasteiger charge is 2.42. The van der Waals surface area contributed by atoms with Gasteiger partial charge >= 0.3 is 6.03 Å². The van der Waals surface area contributed by atoms with Gasteiger partial charge in [0.1, 0.15) is 5.82 Å². The molecule has 256 valence electrons. The van der Waals surface area contributed by atoms with Gasteiger partial charge in [0.15, 0.2) is 0 Å². The molecule has 2 aromatic carbocycles. The number of urea groups is 1. The van der Waals surface area contributed by atoms with E-state index in [2.05, 4.69) is 31.9 Å². The van der Waals surface area contributed by atoms with E-state index in [1.54, 1.807) is 28.9 Å². The van der Waals surface area contributed by atoms with Crippen LogP contribution in [0.15, 0.2) is 42.5 Å². The molecule has 1 unspecified atom stereocenters. The van der Waals surface area contributed by atoms with Gasteiger partial charge in [-0.2, -0.15) is 16.9 Å². The summed E-state index contributed by atoms with van der Waals surface area (Å²) in [6.07, 6.45) is 8.26. The lowest BCUT2D eigenvalue weighted by molar-refractivity contribution is -0.126. The highest BCUT2D eigenvalue weighted by atomic mass is 35.5. The smallest absolute Gasteiger partial charge is 0.315 e. The van der Waals surface area contributed by atoms with E-state index in [-0.39, 0.29) is 42.9 Å². The van der Waals surface area contributed by atoms with Crippen LogP contribution in [0.2, 0.25) is 10.0 Å². The Bertz CT molecular complexity index is 1690. The highest BCUT2D eigenvalue weighted by molar-refractivity contribution is 8.00. The second-order valence-corrected chi connectivity index (χ2v) is 14.0. The minimum atomic E-state index is -0.551. The van der Waals surface area contributed by atoms with Gasteiger partial charge in [0.2, 0.25) is 11.8 Å². The Labute approximate surface area is 292 Å². The molecular weight excluding hydrogens is 680 g/mol. The molecule has 2 saturated heterocycles. The Morgan fingerprint density at radius 2 is 1.81 bits per heavy atom. The van der Waals surface area contributed by atoms with Crippen molar-refractivity contribution >= 4 is 75.7 Å². The maximum absolute atomic E-state index is 14.1. The van der Waals surface area contributed by atoms with Crippen molar-refractivity contribution in [2.45, 2.75) is 75.2 Å². The number of carbonyl (C=O) groups excluding carboxylic acids is 4. The average molecular weight is 719 g/mol. The van der Waals surface area contributed by atoms with E-state index in [1.807, 2.05) is 11.8 Å². The summed E-state index contributed by atoms with van der Waals surface area (Å²) in [6.45, 7) is 0.812. The van der Waals surface area contributed by atoms with Gasteiger partial charge in [-0.15, -0.1) is 0 Å². The van der Waals surface area contributed by atoms with Crippen LogP contribution in [-0.4, -0.2) is 63.2 Å². The fraction of sp³-hybridized carbons (Fsp3) is 0.424. The Hall–Kier alpha value is -3.81. The van der Waals surface area contributed by atoms with Crippen molar-refractivity contribution in [2.75, 3.05) is 12.3 Å². The van der Waals surface area contributed by atoms with Gasteiger partial charge in [-0.05, 0) is 67.7 Å². The van der Waals surface area contributed by atoms with Gasteiger partial charge in [0.25, 0.3) is 5.91 Å². The molecule has 3 atom stereocenters. The van der Waals surface area contributed by atoms with Crippen molar-refractivity contribution < 1.29 is 23.6 Å². The summed E-state index contributed by atoms with van der Waals surface area (Å²) in [4.78, 5) is 48.2. The predicted octanol–water partition coefficient (Wildman–Crippen LogP) is 5.09. The van der Waals surface area contributed by atoms with Crippen LogP contribution >= 0.6 is 35.0 Å². The molecule has 1 aromatic heterocycles. The molecule has 3 heterocycles. The number of rotatable bonds is 15. The van der Waals surface area contributed by atoms with Crippen molar-refractivity contribution in [3.8, 4) is 0 Å². The summed E-state index contributed by atoms with van der Waals surface area (Å²) in [5.41, 5.74) is 6.48. The Kier molecular flexibility index (Phi) is 12.6. The van der Waals surface area contributed by atoms with Crippen LogP contribution in [0.25, 0.3) is 17.0 Å². The second kappa shape index (κ2) is 17.0. The normalized spacial score (nSPS) is 18.5. The fourth-order valence-corrected chi connectivity index (χ4v) is 7.81. The number of aromatic nitrogens is 2. The van der Waals surface area contributed by atoms with Gasteiger partial charge in [0.05, 0.1) is 29.8 Å². The SMILES string of the molecule is O=C(C=Cc1nn(Cc2ccc(Cl)cc2Cl)c2cc(F)ccc12)NNC(=O)CCCCCNC(=O)CCCCC1SC[C@@H]2NC(=O)N[C@H]12. The number of fused-ring (bicyclic) bond motifs is 2. The van der Waals surface area contributed by atoms with E-state index < -0.39 is 11.7 Å². The third-order valence-electron chi connectivity index (χ3n) is 8.28. The number of hydrogen-bond donors (Lipinski definition) is 5. The Balaban J connectivity index is 0.949. The van der Waals surface area contributed by atoms with Crippen LogP contribution in [0.3, 0.4) is 0 Å². The van der Waals surface area contributed by atoms with Crippen LogP contribution < -0.4 is 26.8 Å². The van der Waals surface area contributed by atoms with Crippen molar-refractivity contribution in [3.05, 3.63) is 69.6 Å². The van der Waals surface area contributed by atoms with E-state index in [1.165, 1.54) is 24.3 Å². The molecule has 2 aliphatic heterocycles. The Morgan fingerprint density at radius 3 is 2.65 bits per heavy atom. The topological polar surface area (TPSA) is 146 Å². The largest absolute Gasteiger partial charge is 0.356 e. The van der Waals surface area contributed by atoms with Gasteiger partial charge in [-0.1, -0.05) is 42.1 Å². The first-order valence-electron chi connectivity index (χ1n) is 16.0. The van der Waals surface area contributed by atoms with Crippen molar-refractivity contribution in [2.24, 2.45) is 0 Å². The van der Waals surface area contributed by atoms with Gasteiger partial charge in [-0.3, -0.25) is 29.9 Å². The van der Waals surface area contributed by atoms with E-state index in [0.717, 1.165) is 43.4 Å². The molecule has 2 fully saturated rings. The quantitative estimate of drug-likeness (QED) is 0.0641. The number of thioether (sulfide) groups is 1. The number of hydrogen-bond acceptors (Lipinski definition) is 6. The zero-order valence-electron chi connectivity index (χ0n) is 26.2. The number of amides is 5. The van der Waals surface area contributed by atoms with Crippen LogP contribution in [0.4, 0.5) is 9.18 Å². The Morgan fingerprint density at radius 1 is 1.00 bits per heavy atom. The molecule has 3 aromatic rings. The number of nitrogens with zero attached hydrogens (tertiary/aromatic N) is 2. The minimum absolute atomic E-state index is 0.0224. The minimum Gasteiger partial charge on any atom is -0.356 e. The molecule has 5 rings (SSSR count). The fourth-order valence-electron chi connectivity index (χ4n) is 5.80. The van der Waals surface area contributed by atoms with Gasteiger partial charge in [-0.25, -0.2) is 9.18 Å². The van der Waals surface area contributed by atoms with Crippen LogP contribution in [0.5, 0.6) is 0 Å². The molecule has 5 N–H and O–H groups in total. The molecule has 11 nitrogen and oxygen atoms in total. The lowest BCUT2D eigenvalue weighted by atomic mass is 10.0. The van der Waals surface area contributed by atoms with Crippen LogP contribution in [0, 0.1) is 5.82 Å². The summed E-state index contributed by atoms with van der Waals surface area (Å²) >= 11 is 14.2. The van der Waals surface area contributed by atoms with E-state index in [4.69, 9.17) is 23.2 Å². The van der Waals surface area contributed by atoms with Crippen molar-refractivity contribution in [3.63, 3.8) is 0 Å². The molecule has 0 radical (unpaired) electrons. The maximum atomic E-state index is 14.1. The summed E-state index contributed by atoms with van der Waals surface area (Å²) < 4.78 is 15.7. The lowest BCUT2D eigenvalue weighted by Crippen LogP contribution is -2.40. The summed E-state index contributed by atoms with van der Waals surface area (Å²) in [5.74, 6) is -0.348. The van der Waals surface area contributed by atoms with Crippen molar-refractivity contribution in [1.82, 2.24) is 36.6 Å². The van der Waals surface area contributed by atoms with Gasteiger partial charge in [0, 0.05) is 51.9 Å². The van der Waals surface area contributed by atoms with E-state index in [9.17, 15) is 23.6 Å². The molecule has 0 saturated carbocycles. The molecule has 0 aliphatic carbocycles. The molecule has 15 heteroatoms. The number of nitrogens with one attached hydrogen (secondary N) is 5. The number of halogens is 3. The third kappa shape index (κ3) is 9.86. The van der Waals surface area contributed by atoms with Crippen LogP contribution in [-0.2, 0) is 20.9 Å². The molecule has 0 spiro atoms. The highest BCUT2D eigenvalue weighted by Crippen LogP contribution is 2.33. The lowest BCUT2D eigenvalue weighted by Gasteiger charge is -2.16. The maximum Gasteiger partial charge on any atom is 0.315 e. The summed E-state index contributed by atoms with van der Waals surface area (Å²) in [7, 11) is 0. The molecule has 5 amide bonds. The zero-order valence-corrected chi connectivity index (χ0v) is 28.5. The molecular formula is C33H38Cl2FN7O4S. The third-order valence-corrected chi connectivity index (χ3v) is 10.4. The number of unbranched alkanes of at least 4 members (excludes halogenated alkanes) is 3. The first kappa shape index (κ1) is 35.5. The number of carbonyl (C=O) groups is 4. The average Bonchev–Trinajstić information content (AvgIpc) is 3.72. The molecule has 0 bridgehead atoms. The van der Waals surface area contributed by atoms with Gasteiger partial charge < -0.3 is 16.0 Å². The zero-order chi connectivity index (χ0) is 34.0. The van der Waals surface area contributed by atoms with Crippen molar-refractivity contribution in [1.29, 1.82) is 0 Å². The predicted molar refractivity (Wildman–Crippen MR) is 186 cm³/mol. The van der Waals surface area contributed by atoms with Crippen LogP contribution in [0.1, 0.15) is 62.6 Å². The van der Waals surface area contributed by atoms with E-state index >= 15 is 0 Å². The number of benzene rings is 2. The van der Waals surface area contributed by atoms with E-state index in [0.29, 0.717) is 51.3 Å².